The monoisotopic (exact) mass is 329 g/mol. The van der Waals surface area contributed by atoms with Crippen molar-refractivity contribution in [1.29, 1.82) is 0 Å². The van der Waals surface area contributed by atoms with E-state index in [2.05, 4.69) is 14.7 Å². The molecule has 2 aromatic rings. The molecule has 0 fully saturated rings. The van der Waals surface area contributed by atoms with Gasteiger partial charge in [-0.25, -0.2) is 18.1 Å². The fraction of sp³-hybridized carbons (Fsp3) is 0.308. The quantitative estimate of drug-likeness (QED) is 0.850. The van der Waals surface area contributed by atoms with Gasteiger partial charge in [0.25, 0.3) is 0 Å². The van der Waals surface area contributed by atoms with Gasteiger partial charge in [-0.2, -0.15) is 0 Å². The van der Waals surface area contributed by atoms with Gasteiger partial charge in [0.05, 0.1) is 13.7 Å². The van der Waals surface area contributed by atoms with E-state index in [-0.39, 0.29) is 17.2 Å². The fourth-order valence-electron chi connectivity index (χ4n) is 1.79. The number of nitrogens with zero attached hydrogens (tertiary/aromatic N) is 1. The number of H-pyrrole nitrogens is 1. The summed E-state index contributed by atoms with van der Waals surface area (Å²) < 4.78 is 32.2. The number of hydrogen-bond acceptors (Lipinski definition) is 4. The number of benzene rings is 1. The smallest absolute Gasteiger partial charge is 0.244 e. The molecule has 2 N–H and O–H groups in total. The van der Waals surface area contributed by atoms with Crippen LogP contribution >= 0.6 is 11.6 Å². The molecule has 114 valence electrons. The summed E-state index contributed by atoms with van der Waals surface area (Å²) in [6.45, 7) is 2.09. The predicted octanol–water partition coefficient (Wildman–Crippen LogP) is 2.11. The van der Waals surface area contributed by atoms with Gasteiger partial charge in [-0.1, -0.05) is 18.5 Å². The number of aromatic amines is 1. The van der Waals surface area contributed by atoms with Crippen LogP contribution in [0.15, 0.2) is 29.3 Å². The molecular formula is C13H16ClN3O3S. The molecule has 21 heavy (non-hydrogen) atoms. The van der Waals surface area contributed by atoms with E-state index in [9.17, 15) is 8.42 Å². The number of rotatable bonds is 6. The average molecular weight is 330 g/mol. The Morgan fingerprint density at radius 3 is 2.81 bits per heavy atom. The van der Waals surface area contributed by atoms with Gasteiger partial charge in [-0.05, 0) is 12.1 Å². The number of aryl methyl sites for hydroxylation is 1. The standard InChI is InChI=1S/C13H16ClN3O3S/c1-3-13-15-7-10(17-13)8-16-21(18,19)12-5-4-9(14)6-11(12)20-2/h4-7,16H,3,8H2,1-2H3,(H,15,17). The Morgan fingerprint density at radius 1 is 1.43 bits per heavy atom. The van der Waals surface area contributed by atoms with Crippen molar-refractivity contribution in [2.24, 2.45) is 0 Å². The molecule has 6 nitrogen and oxygen atoms in total. The van der Waals surface area contributed by atoms with Crippen molar-refractivity contribution in [2.75, 3.05) is 7.11 Å². The van der Waals surface area contributed by atoms with Crippen molar-refractivity contribution >= 4 is 21.6 Å². The van der Waals surface area contributed by atoms with E-state index >= 15 is 0 Å². The van der Waals surface area contributed by atoms with Crippen LogP contribution < -0.4 is 9.46 Å². The van der Waals surface area contributed by atoms with Gasteiger partial charge in [-0.15, -0.1) is 0 Å². The molecule has 0 unspecified atom stereocenters. The number of imidazole rings is 1. The van der Waals surface area contributed by atoms with E-state index in [4.69, 9.17) is 16.3 Å². The highest BCUT2D eigenvalue weighted by molar-refractivity contribution is 7.89. The summed E-state index contributed by atoms with van der Waals surface area (Å²) in [5.74, 6) is 1.02. The van der Waals surface area contributed by atoms with Crippen LogP contribution in [0.2, 0.25) is 5.02 Å². The first kappa shape index (κ1) is 15.8. The molecule has 0 saturated heterocycles. The lowest BCUT2D eigenvalue weighted by Crippen LogP contribution is -2.24. The highest BCUT2D eigenvalue weighted by Crippen LogP contribution is 2.27. The Morgan fingerprint density at radius 2 is 2.19 bits per heavy atom. The molecule has 0 amide bonds. The molecule has 0 radical (unpaired) electrons. The number of sulfonamides is 1. The van der Waals surface area contributed by atoms with Crippen LogP contribution in [-0.2, 0) is 23.0 Å². The Kier molecular flexibility index (Phi) is 4.87. The highest BCUT2D eigenvalue weighted by Gasteiger charge is 2.19. The van der Waals surface area contributed by atoms with E-state index in [1.807, 2.05) is 6.92 Å². The maximum absolute atomic E-state index is 12.3. The molecule has 1 aromatic carbocycles. The number of nitrogens with one attached hydrogen (secondary N) is 2. The van der Waals surface area contributed by atoms with E-state index in [0.717, 1.165) is 12.2 Å². The van der Waals surface area contributed by atoms with Crippen molar-refractivity contribution in [1.82, 2.24) is 14.7 Å². The van der Waals surface area contributed by atoms with Crippen LogP contribution in [0.5, 0.6) is 5.75 Å². The topological polar surface area (TPSA) is 84.1 Å². The van der Waals surface area contributed by atoms with E-state index in [0.29, 0.717) is 10.7 Å². The lowest BCUT2D eigenvalue weighted by Gasteiger charge is -2.10. The molecule has 0 aliphatic carbocycles. The number of methoxy groups -OCH3 is 1. The summed E-state index contributed by atoms with van der Waals surface area (Å²) in [7, 11) is -2.30. The Balaban J connectivity index is 2.18. The lowest BCUT2D eigenvalue weighted by molar-refractivity contribution is 0.402. The highest BCUT2D eigenvalue weighted by atomic mass is 35.5. The van der Waals surface area contributed by atoms with Crippen LogP contribution in [0.4, 0.5) is 0 Å². The van der Waals surface area contributed by atoms with E-state index in [1.54, 1.807) is 6.20 Å². The first-order valence-electron chi connectivity index (χ1n) is 6.32. The maximum Gasteiger partial charge on any atom is 0.244 e. The molecule has 8 heteroatoms. The molecule has 1 aromatic heterocycles. The number of ether oxygens (including phenoxy) is 1. The van der Waals surface area contributed by atoms with Gasteiger partial charge < -0.3 is 9.72 Å². The normalized spacial score (nSPS) is 11.6. The van der Waals surface area contributed by atoms with Gasteiger partial charge >= 0.3 is 0 Å². The predicted molar refractivity (Wildman–Crippen MR) is 80.0 cm³/mol. The molecular weight excluding hydrogens is 314 g/mol. The van der Waals surface area contributed by atoms with Gasteiger partial charge in [0.15, 0.2) is 0 Å². The average Bonchev–Trinajstić information content (AvgIpc) is 2.93. The molecule has 1 heterocycles. The van der Waals surface area contributed by atoms with Gasteiger partial charge in [0.1, 0.15) is 16.5 Å². The molecule has 0 aliphatic rings. The van der Waals surface area contributed by atoms with Crippen LogP contribution in [0, 0.1) is 0 Å². The first-order chi connectivity index (χ1) is 9.96. The third kappa shape index (κ3) is 3.75. The molecule has 0 bridgehead atoms. The molecule has 0 aliphatic heterocycles. The van der Waals surface area contributed by atoms with Crippen molar-refractivity contribution in [3.8, 4) is 5.75 Å². The largest absolute Gasteiger partial charge is 0.495 e. The summed E-state index contributed by atoms with van der Waals surface area (Å²) >= 11 is 5.83. The Hall–Kier alpha value is -1.57. The third-order valence-electron chi connectivity index (χ3n) is 2.88. The van der Waals surface area contributed by atoms with Crippen molar-refractivity contribution in [3.63, 3.8) is 0 Å². The third-order valence-corrected chi connectivity index (χ3v) is 4.56. The SMILES string of the molecule is CCc1ncc(CNS(=O)(=O)c2ccc(Cl)cc2OC)[nH]1. The van der Waals surface area contributed by atoms with Crippen molar-refractivity contribution in [3.05, 3.63) is 40.9 Å². The zero-order chi connectivity index (χ0) is 15.5. The van der Waals surface area contributed by atoms with Crippen molar-refractivity contribution in [2.45, 2.75) is 24.8 Å². The summed E-state index contributed by atoms with van der Waals surface area (Å²) in [6.07, 6.45) is 2.37. The van der Waals surface area contributed by atoms with Crippen LogP contribution in [0.3, 0.4) is 0 Å². The summed E-state index contributed by atoms with van der Waals surface area (Å²) in [4.78, 5) is 7.20. The first-order valence-corrected chi connectivity index (χ1v) is 8.18. The molecule has 0 spiro atoms. The van der Waals surface area contributed by atoms with E-state index < -0.39 is 10.0 Å². The molecule has 0 saturated carbocycles. The maximum atomic E-state index is 12.3. The summed E-state index contributed by atoms with van der Waals surface area (Å²) in [5, 5.41) is 0.409. The van der Waals surface area contributed by atoms with Gasteiger partial charge in [0.2, 0.25) is 10.0 Å². The van der Waals surface area contributed by atoms with Gasteiger partial charge in [0, 0.05) is 29.4 Å². The van der Waals surface area contributed by atoms with Crippen LogP contribution in [-0.4, -0.2) is 25.5 Å². The van der Waals surface area contributed by atoms with Gasteiger partial charge in [-0.3, -0.25) is 0 Å². The zero-order valence-corrected chi connectivity index (χ0v) is 13.3. The van der Waals surface area contributed by atoms with Crippen molar-refractivity contribution < 1.29 is 13.2 Å². The summed E-state index contributed by atoms with van der Waals surface area (Å²) in [5.41, 5.74) is 0.698. The second-order valence-corrected chi connectivity index (χ2v) is 6.50. The van der Waals surface area contributed by atoms with Crippen LogP contribution in [0.25, 0.3) is 0 Å². The number of aromatic nitrogens is 2. The Bertz CT molecular complexity index is 728. The number of hydrogen-bond donors (Lipinski definition) is 2. The number of halogens is 1. The second kappa shape index (κ2) is 6.46. The lowest BCUT2D eigenvalue weighted by atomic mass is 10.3. The molecule has 2 rings (SSSR count). The Labute approximate surface area is 128 Å². The minimum atomic E-state index is -3.70. The zero-order valence-electron chi connectivity index (χ0n) is 11.7. The van der Waals surface area contributed by atoms with Crippen LogP contribution in [0.1, 0.15) is 18.4 Å². The minimum Gasteiger partial charge on any atom is -0.495 e. The summed E-state index contributed by atoms with van der Waals surface area (Å²) in [6, 6.07) is 4.37. The molecule has 0 atom stereocenters. The fourth-order valence-corrected chi connectivity index (χ4v) is 3.11. The van der Waals surface area contributed by atoms with E-state index in [1.165, 1.54) is 25.3 Å². The minimum absolute atomic E-state index is 0.0460. The second-order valence-electron chi connectivity index (χ2n) is 4.33.